The molecule has 0 aromatic carbocycles. The normalized spacial score (nSPS) is 0.500. The maximum Gasteiger partial charge on any atom is 0.0462 e. The zero-order valence-electron chi connectivity index (χ0n) is 2.44. The Morgan fingerprint density at radius 2 is 1.25 bits per heavy atom. The van der Waals surface area contributed by atoms with Crippen LogP contribution >= 0.6 is 0 Å². The molecule has 3 N–H and O–H groups in total. The number of nitrogens with zero attached hydrogens (tertiary/aromatic N) is 1. The number of hydrogen-bond acceptors (Lipinski definition) is 2. The van der Waals surface area contributed by atoms with Crippen molar-refractivity contribution < 1.29 is 19.5 Å². The Labute approximate surface area is 38.2 Å². The van der Waals surface area contributed by atoms with Crippen molar-refractivity contribution in [1.29, 1.82) is 5.26 Å². The molecule has 0 aliphatic carbocycles. The van der Waals surface area contributed by atoms with Gasteiger partial charge in [-0.15, -0.1) is 0 Å². The largest absolute Gasteiger partial charge is 0.344 e. The van der Waals surface area contributed by atoms with Crippen LogP contribution in [0.1, 0.15) is 0 Å². The van der Waals surface area contributed by atoms with Crippen molar-refractivity contribution in [1.82, 2.24) is 6.15 Å². The fourth-order valence-electron chi connectivity index (χ4n) is 0. The molecule has 0 aromatic heterocycles. The molecule has 0 amide bonds. The van der Waals surface area contributed by atoms with Crippen LogP contribution in [0.3, 0.4) is 0 Å². The average Bonchev–Trinajstić information content (AvgIpc) is 1.00. The maximum atomic E-state index is 6.50. The summed E-state index contributed by atoms with van der Waals surface area (Å²) >= 11 is 0. The van der Waals surface area contributed by atoms with E-state index in [9.17, 15) is 0 Å². The molecule has 3 heteroatoms. The smallest absolute Gasteiger partial charge is 0.0462 e. The van der Waals surface area contributed by atoms with Crippen molar-refractivity contribution >= 4 is 0 Å². The van der Waals surface area contributed by atoms with Gasteiger partial charge in [0.15, 0.2) is 0 Å². The molecule has 0 atom stereocenters. The zero-order valence-corrected chi connectivity index (χ0v) is 5.41. The monoisotopic (exact) mass is 108 g/mol. The van der Waals surface area contributed by atoms with E-state index in [-0.39, 0.29) is 25.6 Å². The van der Waals surface area contributed by atoms with E-state index in [4.69, 9.17) is 5.26 Å². The van der Waals surface area contributed by atoms with Crippen LogP contribution in [0.2, 0.25) is 0 Å². The van der Waals surface area contributed by atoms with Crippen LogP contribution in [-0.2, 0) is 19.5 Å². The van der Waals surface area contributed by atoms with E-state index in [0.29, 0.717) is 0 Å². The van der Waals surface area contributed by atoms with Crippen LogP contribution in [0.15, 0.2) is 0 Å². The van der Waals surface area contributed by atoms with Crippen molar-refractivity contribution in [2.45, 2.75) is 0 Å². The van der Waals surface area contributed by atoms with Crippen LogP contribution in [-0.4, -0.2) is 0 Å². The van der Waals surface area contributed by atoms with Gasteiger partial charge in [0.2, 0.25) is 0 Å². The molecule has 0 saturated heterocycles. The molecule has 0 bridgehead atoms. The topological polar surface area (TPSA) is 58.8 Å². The van der Waals surface area contributed by atoms with Crippen molar-refractivity contribution in [3.8, 4) is 6.57 Å². The SMILES string of the molecule is C#N.N.[Zn]. The van der Waals surface area contributed by atoms with Crippen LogP contribution < -0.4 is 6.15 Å². The summed E-state index contributed by atoms with van der Waals surface area (Å²) in [5.74, 6) is 0. The van der Waals surface area contributed by atoms with Crippen LogP contribution in [0.25, 0.3) is 0 Å². The summed E-state index contributed by atoms with van der Waals surface area (Å²) in [7, 11) is 0. The summed E-state index contributed by atoms with van der Waals surface area (Å²) in [6.07, 6.45) is 0. The summed E-state index contributed by atoms with van der Waals surface area (Å²) < 4.78 is 0. The second-order valence-corrected chi connectivity index (χ2v) is 0. The van der Waals surface area contributed by atoms with Gasteiger partial charge in [0, 0.05) is 26.1 Å². The minimum Gasteiger partial charge on any atom is -0.344 e. The second-order valence-electron chi connectivity index (χ2n) is 0. The first-order valence-electron chi connectivity index (χ1n) is 0.258. The van der Waals surface area contributed by atoms with Crippen molar-refractivity contribution in [2.75, 3.05) is 0 Å². The third-order valence-electron chi connectivity index (χ3n) is 0. The van der Waals surface area contributed by atoms with E-state index in [1.165, 1.54) is 0 Å². The quantitative estimate of drug-likeness (QED) is 0.455. The summed E-state index contributed by atoms with van der Waals surface area (Å²) in [4.78, 5) is 0. The molecule has 0 aromatic rings. The molecule has 0 rings (SSSR count). The molecule has 0 radical (unpaired) electrons. The second kappa shape index (κ2) is 2450. The Morgan fingerprint density at radius 3 is 1.25 bits per heavy atom. The molecule has 0 saturated carbocycles. The summed E-state index contributed by atoms with van der Waals surface area (Å²) in [5.41, 5.74) is 0. The van der Waals surface area contributed by atoms with Gasteiger partial charge in [-0.2, -0.15) is 0 Å². The zero-order chi connectivity index (χ0) is 2.00. The molecule has 0 fully saturated rings. The van der Waals surface area contributed by atoms with Gasteiger partial charge in [0.1, 0.15) is 0 Å². The van der Waals surface area contributed by atoms with Gasteiger partial charge in [-0.05, 0) is 0 Å². The first kappa shape index (κ1) is 33.4. The Morgan fingerprint density at radius 1 is 1.25 bits per heavy atom. The molecule has 0 aliphatic rings. The summed E-state index contributed by atoms with van der Waals surface area (Å²) in [6.45, 7) is 3.50. The average molecular weight is 109 g/mol. The minimum absolute atomic E-state index is 0. The Balaban J connectivity index is -0.00000000500. The molecule has 0 aliphatic heterocycles. The van der Waals surface area contributed by atoms with Gasteiger partial charge in [-0.1, -0.05) is 0 Å². The molecular formula is CH4N2Zn. The van der Waals surface area contributed by atoms with Crippen LogP contribution in [0.4, 0.5) is 0 Å². The third-order valence-corrected chi connectivity index (χ3v) is 0. The summed E-state index contributed by atoms with van der Waals surface area (Å²) in [6, 6.07) is 0. The molecule has 0 unspecified atom stereocenters. The Kier molecular flexibility index (Phi) is 20500. The number of rotatable bonds is 0. The van der Waals surface area contributed by atoms with Crippen molar-refractivity contribution in [2.24, 2.45) is 0 Å². The number of nitriles is 1. The predicted molar refractivity (Wildman–Crippen MR) is 11.7 cm³/mol. The fourth-order valence-corrected chi connectivity index (χ4v) is 0. The van der Waals surface area contributed by atoms with Crippen LogP contribution in [0.5, 0.6) is 0 Å². The number of hydrogen-bond donors (Lipinski definition) is 1. The van der Waals surface area contributed by atoms with Crippen LogP contribution in [0, 0.1) is 11.8 Å². The Hall–Kier alpha value is 0.0734. The van der Waals surface area contributed by atoms with E-state index in [1.807, 2.05) is 0 Å². The van der Waals surface area contributed by atoms with Gasteiger partial charge in [0.05, 0.1) is 0 Å². The molecular weight excluding hydrogens is 105 g/mol. The van der Waals surface area contributed by atoms with E-state index in [2.05, 4.69) is 6.57 Å². The first-order chi connectivity index (χ1) is 1.00. The van der Waals surface area contributed by atoms with Gasteiger partial charge in [-0.25, -0.2) is 5.26 Å². The molecule has 20 valence electrons. The van der Waals surface area contributed by atoms with E-state index < -0.39 is 0 Å². The van der Waals surface area contributed by atoms with E-state index >= 15 is 0 Å². The van der Waals surface area contributed by atoms with Gasteiger partial charge < -0.3 is 6.15 Å². The molecule has 4 heavy (non-hydrogen) atoms. The van der Waals surface area contributed by atoms with E-state index in [0.717, 1.165) is 0 Å². The molecule has 2 nitrogen and oxygen atoms in total. The molecule has 0 heterocycles. The Bertz CT molecular complexity index is 10.8. The first-order valence-corrected chi connectivity index (χ1v) is 0.258. The minimum atomic E-state index is 0. The van der Waals surface area contributed by atoms with Crippen molar-refractivity contribution in [3.63, 3.8) is 0 Å². The van der Waals surface area contributed by atoms with Crippen molar-refractivity contribution in [3.05, 3.63) is 0 Å². The van der Waals surface area contributed by atoms with Gasteiger partial charge in [0.25, 0.3) is 0 Å². The fraction of sp³-hybridized carbons (Fsp3) is 0. The predicted octanol–water partition coefficient (Wildman–Crippen LogP) is 0.299. The van der Waals surface area contributed by atoms with Gasteiger partial charge >= 0.3 is 0 Å². The summed E-state index contributed by atoms with van der Waals surface area (Å²) in [5, 5.41) is 6.50. The van der Waals surface area contributed by atoms with Gasteiger partial charge in [-0.3, -0.25) is 0 Å². The third kappa shape index (κ3) is 444. The van der Waals surface area contributed by atoms with E-state index in [1.54, 1.807) is 0 Å². The maximum absolute atomic E-state index is 6.50. The standard InChI is InChI=1S/CHN.H3N.Zn/c1-2;;/h1H;1H3;. The molecule has 0 spiro atoms.